The Morgan fingerprint density at radius 1 is 0.920 bits per heavy atom. The maximum Gasteiger partial charge on any atom is 0.345 e. The van der Waals surface area contributed by atoms with Crippen molar-refractivity contribution in [2.45, 2.75) is 13.8 Å². The molecule has 0 aromatic heterocycles. The van der Waals surface area contributed by atoms with Crippen molar-refractivity contribution in [3.05, 3.63) is 65.7 Å². The number of fused-ring (bicyclic) bond motifs is 2. The van der Waals surface area contributed by atoms with Crippen LogP contribution in [0, 0.1) is 0 Å². The van der Waals surface area contributed by atoms with E-state index in [0.717, 1.165) is 21.5 Å². The zero-order valence-corrected chi connectivity index (χ0v) is 14.4. The zero-order valence-electron chi connectivity index (χ0n) is 14.4. The Hall–Kier alpha value is -3.14. The monoisotopic (exact) mass is 336 g/mol. The van der Waals surface area contributed by atoms with E-state index >= 15 is 0 Å². The molecule has 0 aliphatic carbocycles. The fourth-order valence-corrected chi connectivity index (χ4v) is 2.67. The third-order valence-electron chi connectivity index (χ3n) is 3.74. The van der Waals surface area contributed by atoms with Crippen molar-refractivity contribution in [3.63, 3.8) is 0 Å². The first kappa shape index (κ1) is 18.2. The van der Waals surface area contributed by atoms with E-state index in [4.69, 9.17) is 0 Å². The summed E-state index contributed by atoms with van der Waals surface area (Å²) < 4.78 is 4.58. The molecule has 0 heterocycles. The van der Waals surface area contributed by atoms with Crippen LogP contribution in [0.4, 0.5) is 0 Å². The second-order valence-electron chi connectivity index (χ2n) is 5.09. The molecule has 3 rings (SSSR count). The smallest absolute Gasteiger partial charge is 0.345 e. The van der Waals surface area contributed by atoms with Gasteiger partial charge in [-0.05, 0) is 39.3 Å². The molecule has 3 aromatic rings. The van der Waals surface area contributed by atoms with Crippen LogP contribution in [0.1, 0.15) is 19.4 Å². The number of ether oxygens (including phenoxy) is 1. The lowest BCUT2D eigenvalue weighted by Crippen LogP contribution is -2.13. The summed E-state index contributed by atoms with van der Waals surface area (Å²) in [5.74, 6) is -2.18. The van der Waals surface area contributed by atoms with Crippen LogP contribution in [-0.4, -0.2) is 24.2 Å². The molecule has 0 spiro atoms. The predicted molar refractivity (Wildman–Crippen MR) is 100 cm³/mol. The van der Waals surface area contributed by atoms with E-state index in [0.29, 0.717) is 5.56 Å². The van der Waals surface area contributed by atoms with Crippen LogP contribution in [0.15, 0.2) is 60.2 Å². The molecule has 1 N–H and O–H groups in total. The lowest BCUT2D eigenvalue weighted by Gasteiger charge is -2.09. The summed E-state index contributed by atoms with van der Waals surface area (Å²) in [6.45, 7) is 4.00. The molecule has 128 valence electrons. The molecule has 0 aliphatic rings. The number of rotatable bonds is 3. The van der Waals surface area contributed by atoms with E-state index in [1.807, 2.05) is 68.4 Å². The van der Waals surface area contributed by atoms with E-state index in [1.54, 1.807) is 0 Å². The lowest BCUT2D eigenvalue weighted by molar-refractivity contribution is -0.142. The van der Waals surface area contributed by atoms with Crippen LogP contribution in [-0.2, 0) is 14.3 Å². The van der Waals surface area contributed by atoms with Crippen molar-refractivity contribution in [2.75, 3.05) is 7.11 Å². The van der Waals surface area contributed by atoms with Gasteiger partial charge >= 0.3 is 11.9 Å². The second kappa shape index (κ2) is 8.11. The van der Waals surface area contributed by atoms with Crippen molar-refractivity contribution in [1.82, 2.24) is 0 Å². The highest BCUT2D eigenvalue weighted by molar-refractivity contribution is 6.19. The molecule has 25 heavy (non-hydrogen) atoms. The molecule has 0 saturated heterocycles. The highest BCUT2D eigenvalue weighted by atomic mass is 16.5. The normalized spacial score (nSPS) is 10.9. The van der Waals surface area contributed by atoms with Gasteiger partial charge in [0.15, 0.2) is 0 Å². The first-order valence-electron chi connectivity index (χ1n) is 8.05. The van der Waals surface area contributed by atoms with Gasteiger partial charge in [-0.15, -0.1) is 0 Å². The van der Waals surface area contributed by atoms with E-state index in [-0.39, 0.29) is 0 Å². The molecule has 0 bridgehead atoms. The molecular formula is C21H20O4. The van der Waals surface area contributed by atoms with Crippen molar-refractivity contribution < 1.29 is 19.4 Å². The van der Waals surface area contributed by atoms with Gasteiger partial charge in [-0.3, -0.25) is 0 Å². The molecule has 0 atom stereocenters. The number of hydrogen-bond donors (Lipinski definition) is 1. The molecule has 3 aromatic carbocycles. The highest BCUT2D eigenvalue weighted by Gasteiger charge is 2.19. The van der Waals surface area contributed by atoms with Gasteiger partial charge in [0.05, 0.1) is 7.11 Å². The fraction of sp³-hybridized carbons (Fsp3) is 0.143. The van der Waals surface area contributed by atoms with Gasteiger partial charge in [0.2, 0.25) is 0 Å². The lowest BCUT2D eigenvalue weighted by atomic mass is 9.95. The van der Waals surface area contributed by atoms with Crippen molar-refractivity contribution in [3.8, 4) is 0 Å². The average molecular weight is 336 g/mol. The molecule has 4 heteroatoms. The van der Waals surface area contributed by atoms with Crippen LogP contribution in [0.3, 0.4) is 0 Å². The Morgan fingerprint density at radius 3 is 1.84 bits per heavy atom. The number of carboxylic acid groups (broad SMARTS) is 1. The standard InChI is InChI=1S/C19H14O4.C2H6/c1-23-19(22)17(18(20)21)11-16-14-8-4-2-6-12(14)10-13-7-3-5-9-15(13)16;1-2/h2-11H,1H3,(H,20,21);1-2H3/b17-11-;. The van der Waals surface area contributed by atoms with Gasteiger partial charge in [-0.1, -0.05) is 62.4 Å². The van der Waals surface area contributed by atoms with Crippen molar-refractivity contribution in [1.29, 1.82) is 0 Å². The summed E-state index contributed by atoms with van der Waals surface area (Å²) in [6.07, 6.45) is 1.39. The number of hydrogen-bond acceptors (Lipinski definition) is 3. The number of aliphatic carboxylic acids is 1. The number of carboxylic acids is 1. The maximum atomic E-state index is 11.8. The summed E-state index contributed by atoms with van der Waals surface area (Å²) in [5, 5.41) is 13.0. The van der Waals surface area contributed by atoms with Crippen molar-refractivity contribution >= 4 is 39.6 Å². The summed E-state index contributed by atoms with van der Waals surface area (Å²) in [4.78, 5) is 23.2. The minimum absolute atomic E-state index is 0.394. The molecule has 0 fully saturated rings. The fourth-order valence-electron chi connectivity index (χ4n) is 2.67. The minimum atomic E-state index is -1.31. The molecule has 0 amide bonds. The summed E-state index contributed by atoms with van der Waals surface area (Å²) >= 11 is 0. The molecule has 0 aliphatic heterocycles. The number of carbonyl (C=O) groups excluding carboxylic acids is 1. The topological polar surface area (TPSA) is 63.6 Å². The van der Waals surface area contributed by atoms with Gasteiger partial charge < -0.3 is 9.84 Å². The van der Waals surface area contributed by atoms with Crippen LogP contribution in [0.2, 0.25) is 0 Å². The predicted octanol–water partition coefficient (Wildman–Crippen LogP) is 4.66. The Kier molecular flexibility index (Phi) is 5.90. The van der Waals surface area contributed by atoms with Gasteiger partial charge in [-0.25, -0.2) is 9.59 Å². The maximum absolute atomic E-state index is 11.8. The van der Waals surface area contributed by atoms with Crippen molar-refractivity contribution in [2.24, 2.45) is 0 Å². The molecule has 4 nitrogen and oxygen atoms in total. The van der Waals surface area contributed by atoms with Crippen LogP contribution in [0.25, 0.3) is 27.6 Å². The van der Waals surface area contributed by atoms with Gasteiger partial charge in [0.1, 0.15) is 5.57 Å². The third-order valence-corrected chi connectivity index (χ3v) is 3.74. The Balaban J connectivity index is 0.00000109. The van der Waals surface area contributed by atoms with Gasteiger partial charge in [-0.2, -0.15) is 0 Å². The minimum Gasteiger partial charge on any atom is -0.477 e. The molecule has 0 radical (unpaired) electrons. The SMILES string of the molecule is CC.COC(=O)/C(=C\c1c2ccccc2cc2ccccc12)C(=O)O. The Bertz CT molecular complexity index is 900. The second-order valence-corrected chi connectivity index (χ2v) is 5.09. The largest absolute Gasteiger partial charge is 0.477 e. The molecular weight excluding hydrogens is 316 g/mol. The third kappa shape index (κ3) is 3.69. The Morgan fingerprint density at radius 2 is 1.40 bits per heavy atom. The first-order valence-corrected chi connectivity index (χ1v) is 8.05. The first-order chi connectivity index (χ1) is 12.1. The van der Waals surface area contributed by atoms with Crippen LogP contribution >= 0.6 is 0 Å². The summed E-state index contributed by atoms with van der Waals surface area (Å²) in [6, 6.07) is 17.4. The number of esters is 1. The van der Waals surface area contributed by atoms with Crippen LogP contribution in [0.5, 0.6) is 0 Å². The quantitative estimate of drug-likeness (QED) is 0.248. The zero-order chi connectivity index (χ0) is 18.4. The number of methoxy groups -OCH3 is 1. The molecule has 0 saturated carbocycles. The number of carbonyl (C=O) groups is 2. The van der Waals surface area contributed by atoms with Gasteiger partial charge in [0.25, 0.3) is 0 Å². The van der Waals surface area contributed by atoms with E-state index < -0.39 is 17.5 Å². The van der Waals surface area contributed by atoms with Crippen LogP contribution < -0.4 is 0 Å². The van der Waals surface area contributed by atoms with E-state index in [1.165, 1.54) is 13.2 Å². The Labute approximate surface area is 146 Å². The summed E-state index contributed by atoms with van der Waals surface area (Å²) in [7, 11) is 1.17. The van der Waals surface area contributed by atoms with E-state index in [2.05, 4.69) is 4.74 Å². The summed E-state index contributed by atoms with van der Waals surface area (Å²) in [5.41, 5.74) is 0.301. The average Bonchev–Trinajstić information content (AvgIpc) is 2.65. The van der Waals surface area contributed by atoms with Gasteiger partial charge in [0, 0.05) is 0 Å². The molecule has 0 unspecified atom stereocenters. The van der Waals surface area contributed by atoms with E-state index in [9.17, 15) is 14.7 Å². The number of benzene rings is 3. The highest BCUT2D eigenvalue weighted by Crippen LogP contribution is 2.30.